The third-order valence-electron chi connectivity index (χ3n) is 4.78. The predicted octanol–water partition coefficient (Wildman–Crippen LogP) is 3.57. The second-order valence-electron chi connectivity index (χ2n) is 7.91. The maximum Gasteiger partial charge on any atom is 0.340 e. The molecular weight excluding hydrogens is 336 g/mol. The van der Waals surface area contributed by atoms with Crippen LogP contribution in [0.2, 0.25) is 0 Å². The van der Waals surface area contributed by atoms with Gasteiger partial charge in [-0.25, -0.2) is 4.79 Å². The van der Waals surface area contributed by atoms with Crippen LogP contribution in [0.25, 0.3) is 0 Å². The number of hydrogen-bond acceptors (Lipinski definition) is 6. The van der Waals surface area contributed by atoms with Crippen molar-refractivity contribution in [3.05, 3.63) is 11.3 Å². The molecule has 1 N–H and O–H groups in total. The molecule has 0 amide bonds. The molecule has 0 bridgehead atoms. The van der Waals surface area contributed by atoms with E-state index < -0.39 is 23.5 Å². The summed E-state index contributed by atoms with van der Waals surface area (Å²) in [7, 11) is 1.59. The van der Waals surface area contributed by atoms with Gasteiger partial charge in [0.15, 0.2) is 0 Å². The Morgan fingerprint density at radius 3 is 2.54 bits per heavy atom. The smallest absolute Gasteiger partial charge is 0.340 e. The average Bonchev–Trinajstić information content (AvgIpc) is 2.55. The molecule has 0 aromatic carbocycles. The Morgan fingerprint density at radius 1 is 1.31 bits per heavy atom. The molecule has 26 heavy (non-hydrogen) atoms. The van der Waals surface area contributed by atoms with Gasteiger partial charge in [-0.15, -0.1) is 0 Å². The molecule has 0 unspecified atom stereocenters. The van der Waals surface area contributed by atoms with Gasteiger partial charge in [-0.1, -0.05) is 20.3 Å². The summed E-state index contributed by atoms with van der Waals surface area (Å²) in [5, 5.41) is 10.8. The summed E-state index contributed by atoms with van der Waals surface area (Å²) in [4.78, 5) is 12.0. The van der Waals surface area contributed by atoms with Crippen LogP contribution in [0.5, 0.6) is 0 Å². The normalized spacial score (nSPS) is 21.6. The highest BCUT2D eigenvalue weighted by Gasteiger charge is 2.39. The topological polar surface area (TPSA) is 74.2 Å². The van der Waals surface area contributed by atoms with Crippen LogP contribution in [0.1, 0.15) is 67.2 Å². The fraction of sp³-hybridized carbons (Fsp3) is 0.850. The summed E-state index contributed by atoms with van der Waals surface area (Å²) in [6, 6.07) is 0. The van der Waals surface area contributed by atoms with Gasteiger partial charge in [0.05, 0.1) is 17.3 Å². The largest absolute Gasteiger partial charge is 0.457 e. The van der Waals surface area contributed by atoms with E-state index in [1.54, 1.807) is 27.9 Å². The van der Waals surface area contributed by atoms with Crippen molar-refractivity contribution in [2.24, 2.45) is 5.92 Å². The van der Waals surface area contributed by atoms with E-state index in [-0.39, 0.29) is 12.3 Å². The van der Waals surface area contributed by atoms with E-state index in [1.807, 2.05) is 6.92 Å². The van der Waals surface area contributed by atoms with E-state index in [1.165, 1.54) is 0 Å². The van der Waals surface area contributed by atoms with Crippen molar-refractivity contribution in [1.29, 1.82) is 0 Å². The third kappa shape index (κ3) is 6.56. The van der Waals surface area contributed by atoms with Crippen LogP contribution in [0.4, 0.5) is 0 Å². The lowest BCUT2D eigenvalue weighted by atomic mass is 9.86. The number of aliphatic hydroxyl groups excluding tert-OH is 1. The molecule has 0 aromatic rings. The van der Waals surface area contributed by atoms with Crippen molar-refractivity contribution >= 4 is 5.97 Å². The van der Waals surface area contributed by atoms with E-state index in [9.17, 15) is 9.90 Å². The van der Waals surface area contributed by atoms with Gasteiger partial charge < -0.3 is 24.1 Å². The van der Waals surface area contributed by atoms with Crippen molar-refractivity contribution in [3.63, 3.8) is 0 Å². The third-order valence-corrected chi connectivity index (χ3v) is 4.78. The number of carbonyl (C=O) groups is 1. The summed E-state index contributed by atoms with van der Waals surface area (Å²) in [6.07, 6.45) is 2.16. The molecule has 6 nitrogen and oxygen atoms in total. The SMILES string of the molecule is CCCCOC[C@H](C)C[C@](C)(OC)[C@H](O)CC1=C(C)C(=O)OC(C)(C)O1. The first-order valence-electron chi connectivity index (χ1n) is 9.47. The fourth-order valence-corrected chi connectivity index (χ4v) is 3.03. The Hall–Kier alpha value is -1.11. The number of esters is 1. The van der Waals surface area contributed by atoms with Crippen LogP contribution in [-0.2, 0) is 23.7 Å². The molecule has 6 heteroatoms. The maximum atomic E-state index is 12.0. The minimum Gasteiger partial charge on any atom is -0.457 e. The molecule has 1 heterocycles. The second-order valence-corrected chi connectivity index (χ2v) is 7.91. The monoisotopic (exact) mass is 372 g/mol. The van der Waals surface area contributed by atoms with Crippen molar-refractivity contribution in [2.75, 3.05) is 20.3 Å². The highest BCUT2D eigenvalue weighted by molar-refractivity contribution is 5.89. The quantitative estimate of drug-likeness (QED) is 0.441. The van der Waals surface area contributed by atoms with E-state index >= 15 is 0 Å². The molecule has 0 saturated heterocycles. The Balaban J connectivity index is 2.73. The van der Waals surface area contributed by atoms with Crippen molar-refractivity contribution in [3.8, 4) is 0 Å². The molecule has 0 saturated carbocycles. The van der Waals surface area contributed by atoms with E-state index in [0.29, 0.717) is 24.4 Å². The predicted molar refractivity (Wildman–Crippen MR) is 99.5 cm³/mol. The average molecular weight is 373 g/mol. The van der Waals surface area contributed by atoms with Crippen molar-refractivity contribution in [1.82, 2.24) is 0 Å². The molecule has 0 aromatic heterocycles. The Bertz CT molecular complexity index is 499. The summed E-state index contributed by atoms with van der Waals surface area (Å²) >= 11 is 0. The Labute approximate surface area is 157 Å². The number of hydrogen-bond donors (Lipinski definition) is 1. The number of aliphatic hydroxyl groups is 1. The lowest BCUT2D eigenvalue weighted by molar-refractivity contribution is -0.211. The van der Waals surface area contributed by atoms with Crippen LogP contribution in [0.15, 0.2) is 11.3 Å². The molecule has 1 aliphatic heterocycles. The first-order chi connectivity index (χ1) is 12.0. The van der Waals surface area contributed by atoms with E-state index in [4.69, 9.17) is 18.9 Å². The lowest BCUT2D eigenvalue weighted by Gasteiger charge is -2.38. The van der Waals surface area contributed by atoms with Gasteiger partial charge in [-0.3, -0.25) is 0 Å². The van der Waals surface area contributed by atoms with Gasteiger partial charge in [0.2, 0.25) is 5.79 Å². The molecule has 0 spiro atoms. The number of methoxy groups -OCH3 is 1. The minimum absolute atomic E-state index is 0.193. The lowest BCUT2D eigenvalue weighted by Crippen LogP contribution is -2.45. The van der Waals surface area contributed by atoms with Gasteiger partial charge in [0.25, 0.3) is 0 Å². The van der Waals surface area contributed by atoms with Gasteiger partial charge in [-0.2, -0.15) is 0 Å². The summed E-state index contributed by atoms with van der Waals surface area (Å²) in [5.74, 6) is -0.764. The summed E-state index contributed by atoms with van der Waals surface area (Å²) in [5.41, 5.74) is -0.381. The molecular formula is C20H36O6. The molecule has 0 aliphatic carbocycles. The maximum absolute atomic E-state index is 12.0. The minimum atomic E-state index is -1.03. The number of cyclic esters (lactones) is 1. The van der Waals surface area contributed by atoms with Gasteiger partial charge in [0.1, 0.15) is 5.76 Å². The van der Waals surface area contributed by atoms with E-state index in [2.05, 4.69) is 13.8 Å². The molecule has 0 radical (unpaired) electrons. The summed E-state index contributed by atoms with van der Waals surface area (Å²) in [6.45, 7) is 12.5. The molecule has 3 atom stereocenters. The number of rotatable bonds is 11. The molecule has 1 rings (SSSR count). The van der Waals surface area contributed by atoms with Crippen LogP contribution < -0.4 is 0 Å². The Morgan fingerprint density at radius 2 is 1.96 bits per heavy atom. The highest BCUT2D eigenvalue weighted by atomic mass is 16.7. The molecule has 1 aliphatic rings. The fourth-order valence-electron chi connectivity index (χ4n) is 3.03. The van der Waals surface area contributed by atoms with Crippen LogP contribution >= 0.6 is 0 Å². The standard InChI is InChI=1S/C20H36O6/c1-8-9-10-24-13-14(2)12-20(6,23-7)17(21)11-16-15(3)18(22)26-19(4,5)25-16/h14,17,21H,8-13H2,1-7H3/t14-,17-,20+/m1/s1. The van der Waals surface area contributed by atoms with Gasteiger partial charge in [-0.05, 0) is 32.6 Å². The zero-order chi connectivity index (χ0) is 20.0. The Kier molecular flexibility index (Phi) is 8.57. The van der Waals surface area contributed by atoms with Crippen molar-refractivity contribution in [2.45, 2.75) is 84.7 Å². The zero-order valence-corrected chi connectivity index (χ0v) is 17.4. The van der Waals surface area contributed by atoms with Crippen molar-refractivity contribution < 1.29 is 28.8 Å². The number of unbranched alkanes of at least 4 members (excludes halogenated alkanes) is 1. The number of ether oxygens (including phenoxy) is 4. The van der Waals surface area contributed by atoms with Crippen LogP contribution in [0, 0.1) is 5.92 Å². The first kappa shape index (κ1) is 22.9. The van der Waals surface area contributed by atoms with Crippen LogP contribution in [-0.4, -0.2) is 48.9 Å². The molecule has 0 fully saturated rings. The molecule has 152 valence electrons. The van der Waals surface area contributed by atoms with Gasteiger partial charge >= 0.3 is 5.97 Å². The van der Waals surface area contributed by atoms with E-state index in [0.717, 1.165) is 19.4 Å². The highest BCUT2D eigenvalue weighted by Crippen LogP contribution is 2.33. The van der Waals surface area contributed by atoms with Gasteiger partial charge in [0, 0.05) is 40.6 Å². The zero-order valence-electron chi connectivity index (χ0n) is 17.4. The first-order valence-corrected chi connectivity index (χ1v) is 9.47. The van der Waals surface area contributed by atoms with Crippen LogP contribution in [0.3, 0.4) is 0 Å². The number of carbonyl (C=O) groups excluding carboxylic acids is 1. The summed E-state index contributed by atoms with van der Waals surface area (Å²) < 4.78 is 22.3. The second kappa shape index (κ2) is 9.72.